The summed E-state index contributed by atoms with van der Waals surface area (Å²) in [7, 11) is 3.54. The molecule has 1 N–H and O–H groups in total. The number of hydrogen-bond acceptors (Lipinski definition) is 3. The smallest absolute Gasteiger partial charge is 0.323 e. The number of rotatable bonds is 4. The monoisotopic (exact) mass is 320 g/mol. The zero-order chi connectivity index (χ0) is 16.4. The molecule has 2 amide bonds. The van der Waals surface area contributed by atoms with Crippen LogP contribution in [0.25, 0.3) is 0 Å². The summed E-state index contributed by atoms with van der Waals surface area (Å²) in [5.41, 5.74) is 0.940. The van der Waals surface area contributed by atoms with Gasteiger partial charge >= 0.3 is 6.03 Å². The third kappa shape index (κ3) is 3.37. The van der Waals surface area contributed by atoms with Crippen LogP contribution in [0, 0.1) is 11.8 Å². The average molecular weight is 320 g/mol. The summed E-state index contributed by atoms with van der Waals surface area (Å²) in [5.74, 6) is 2.04. The van der Waals surface area contributed by atoms with E-state index >= 15 is 0 Å². The molecule has 2 heterocycles. The van der Waals surface area contributed by atoms with E-state index in [1.54, 1.807) is 11.8 Å². The van der Waals surface area contributed by atoms with Gasteiger partial charge in [-0.25, -0.2) is 4.79 Å². The zero-order valence-corrected chi connectivity index (χ0v) is 14.4. The molecule has 1 saturated heterocycles. The fourth-order valence-corrected chi connectivity index (χ4v) is 4.16. The van der Waals surface area contributed by atoms with Crippen molar-refractivity contribution < 1.29 is 9.53 Å². The number of carbonyl (C=O) groups is 1. The Morgan fingerprint density at radius 1 is 1.43 bits per heavy atom. The number of fused-ring (bicyclic) bond motifs is 1. The second-order valence-electron chi connectivity index (χ2n) is 6.96. The van der Waals surface area contributed by atoms with Crippen LogP contribution in [-0.4, -0.2) is 47.0 Å². The number of nitrogens with one attached hydrogen (secondary N) is 1. The molecule has 0 bridgehead atoms. The Balaban J connectivity index is 1.66. The van der Waals surface area contributed by atoms with E-state index in [-0.39, 0.29) is 6.03 Å². The van der Waals surface area contributed by atoms with Crippen molar-refractivity contribution in [1.82, 2.24) is 14.7 Å². The molecule has 6 heteroatoms. The van der Waals surface area contributed by atoms with Gasteiger partial charge in [-0.05, 0) is 24.7 Å². The van der Waals surface area contributed by atoms with Crippen LogP contribution in [0.3, 0.4) is 0 Å². The van der Waals surface area contributed by atoms with Crippen molar-refractivity contribution in [2.24, 2.45) is 18.9 Å². The molecule has 0 unspecified atom stereocenters. The molecule has 23 heavy (non-hydrogen) atoms. The van der Waals surface area contributed by atoms with Gasteiger partial charge in [-0.15, -0.1) is 0 Å². The van der Waals surface area contributed by atoms with Crippen LogP contribution in [0.2, 0.25) is 0 Å². The molecule has 1 aromatic rings. The van der Waals surface area contributed by atoms with Gasteiger partial charge in [0.1, 0.15) is 5.82 Å². The molecule has 3 rings (SSSR count). The van der Waals surface area contributed by atoms with Gasteiger partial charge in [-0.2, -0.15) is 5.10 Å². The molecule has 3 atom stereocenters. The van der Waals surface area contributed by atoms with Crippen molar-refractivity contribution in [3.8, 4) is 0 Å². The largest absolute Gasteiger partial charge is 0.384 e. The molecule has 1 aromatic heterocycles. The predicted octanol–water partition coefficient (Wildman–Crippen LogP) is 2.65. The minimum absolute atomic E-state index is 0.0209. The first-order valence-corrected chi connectivity index (χ1v) is 8.69. The number of carbonyl (C=O) groups excluding carboxylic acids is 1. The van der Waals surface area contributed by atoms with Gasteiger partial charge in [0.25, 0.3) is 0 Å². The summed E-state index contributed by atoms with van der Waals surface area (Å²) in [5, 5.41) is 7.48. The van der Waals surface area contributed by atoms with Crippen molar-refractivity contribution in [1.29, 1.82) is 0 Å². The number of urea groups is 1. The van der Waals surface area contributed by atoms with Crippen LogP contribution in [-0.2, 0) is 18.2 Å². The quantitative estimate of drug-likeness (QED) is 0.928. The summed E-state index contributed by atoms with van der Waals surface area (Å²) < 4.78 is 6.82. The van der Waals surface area contributed by atoms with Crippen LogP contribution >= 0.6 is 0 Å². The van der Waals surface area contributed by atoms with Crippen molar-refractivity contribution >= 4 is 11.8 Å². The van der Waals surface area contributed by atoms with Gasteiger partial charge in [0.2, 0.25) is 0 Å². The average Bonchev–Trinajstić information content (AvgIpc) is 3.06. The van der Waals surface area contributed by atoms with Gasteiger partial charge in [0.05, 0.1) is 12.3 Å². The molecule has 0 spiro atoms. The maximum absolute atomic E-state index is 12.7. The fraction of sp³-hybridized carbons (Fsp3) is 0.765. The summed E-state index contributed by atoms with van der Waals surface area (Å²) in [4.78, 5) is 14.8. The third-order valence-electron chi connectivity index (χ3n) is 5.39. The maximum atomic E-state index is 12.7. The Labute approximate surface area is 138 Å². The zero-order valence-electron chi connectivity index (χ0n) is 14.4. The van der Waals surface area contributed by atoms with Gasteiger partial charge < -0.3 is 9.64 Å². The van der Waals surface area contributed by atoms with Crippen LogP contribution < -0.4 is 5.32 Å². The first kappa shape index (κ1) is 16.3. The highest BCUT2D eigenvalue weighted by Gasteiger charge is 2.42. The van der Waals surface area contributed by atoms with E-state index in [1.165, 1.54) is 19.3 Å². The van der Waals surface area contributed by atoms with E-state index in [9.17, 15) is 4.79 Å². The molecule has 1 saturated carbocycles. The molecular weight excluding hydrogens is 292 g/mol. The van der Waals surface area contributed by atoms with Gasteiger partial charge in [-0.3, -0.25) is 10.00 Å². The molecule has 2 fully saturated rings. The number of ether oxygens (including phenoxy) is 1. The Bertz CT molecular complexity index is 557. The Hall–Kier alpha value is -1.56. The van der Waals surface area contributed by atoms with E-state index in [0.29, 0.717) is 24.5 Å². The number of likely N-dealkylation sites (tertiary alicyclic amines) is 1. The number of amides is 2. The Morgan fingerprint density at radius 3 is 3.00 bits per heavy atom. The minimum atomic E-state index is 0.0209. The van der Waals surface area contributed by atoms with Gasteiger partial charge in [-0.1, -0.05) is 19.8 Å². The SMILES string of the molecule is COCCc1cc(NC(=O)N2C[C@H](C)[C@@H]3CCCC[C@H]32)n(C)n1. The van der Waals surface area contributed by atoms with Crippen molar-refractivity contribution in [3.63, 3.8) is 0 Å². The van der Waals surface area contributed by atoms with Crippen molar-refractivity contribution in [3.05, 3.63) is 11.8 Å². The first-order valence-electron chi connectivity index (χ1n) is 8.69. The lowest BCUT2D eigenvalue weighted by Crippen LogP contribution is -2.41. The Morgan fingerprint density at radius 2 is 2.22 bits per heavy atom. The van der Waals surface area contributed by atoms with Crippen molar-refractivity contribution in [2.75, 3.05) is 25.6 Å². The lowest BCUT2D eigenvalue weighted by Gasteiger charge is -2.32. The second kappa shape index (κ2) is 6.91. The van der Waals surface area contributed by atoms with Gasteiger partial charge in [0, 0.05) is 39.2 Å². The third-order valence-corrected chi connectivity index (χ3v) is 5.39. The lowest BCUT2D eigenvalue weighted by atomic mass is 9.80. The van der Waals surface area contributed by atoms with E-state index in [1.807, 2.05) is 13.1 Å². The summed E-state index contributed by atoms with van der Waals surface area (Å²) >= 11 is 0. The predicted molar refractivity (Wildman–Crippen MR) is 89.4 cm³/mol. The molecule has 1 aliphatic heterocycles. The number of aromatic nitrogens is 2. The van der Waals surface area contributed by atoms with E-state index in [2.05, 4.69) is 22.2 Å². The molecular formula is C17H28N4O2. The minimum Gasteiger partial charge on any atom is -0.384 e. The fourth-order valence-electron chi connectivity index (χ4n) is 4.16. The number of methoxy groups -OCH3 is 1. The molecule has 128 valence electrons. The molecule has 1 aliphatic carbocycles. The maximum Gasteiger partial charge on any atom is 0.323 e. The standard InChI is InChI=1S/C17H28N4O2/c1-12-11-21(15-7-5-4-6-14(12)15)17(22)18-16-10-13(8-9-23-3)19-20(16)2/h10,12,14-15H,4-9,11H2,1-3H3,(H,18,22)/t12-,14-,15+/m0/s1. The Kier molecular flexibility index (Phi) is 4.90. The second-order valence-corrected chi connectivity index (χ2v) is 6.96. The van der Waals surface area contributed by atoms with Crippen molar-refractivity contribution in [2.45, 2.75) is 45.1 Å². The van der Waals surface area contributed by atoms with Crippen LogP contribution in [0.5, 0.6) is 0 Å². The topological polar surface area (TPSA) is 59.4 Å². The molecule has 0 radical (unpaired) electrons. The van der Waals surface area contributed by atoms with Crippen LogP contribution in [0.15, 0.2) is 6.07 Å². The van der Waals surface area contributed by atoms with E-state index in [4.69, 9.17) is 4.74 Å². The number of aryl methyl sites for hydroxylation is 1. The highest BCUT2D eigenvalue weighted by Crippen LogP contribution is 2.39. The first-order chi connectivity index (χ1) is 11.1. The summed E-state index contributed by atoms with van der Waals surface area (Å²) in [6.07, 6.45) is 5.72. The number of hydrogen-bond donors (Lipinski definition) is 1. The molecule has 2 aliphatic rings. The lowest BCUT2D eigenvalue weighted by molar-refractivity contribution is 0.180. The number of nitrogens with zero attached hydrogens (tertiary/aromatic N) is 3. The highest BCUT2D eigenvalue weighted by molar-refractivity contribution is 5.89. The summed E-state index contributed by atoms with van der Waals surface area (Å²) in [6, 6.07) is 2.38. The van der Waals surface area contributed by atoms with E-state index < -0.39 is 0 Å². The van der Waals surface area contributed by atoms with Crippen LogP contribution in [0.4, 0.5) is 10.6 Å². The highest BCUT2D eigenvalue weighted by atomic mass is 16.5. The van der Waals surface area contributed by atoms with Gasteiger partial charge in [0.15, 0.2) is 0 Å². The van der Waals surface area contributed by atoms with Crippen LogP contribution in [0.1, 0.15) is 38.3 Å². The molecule has 6 nitrogen and oxygen atoms in total. The summed E-state index contributed by atoms with van der Waals surface area (Å²) in [6.45, 7) is 3.79. The van der Waals surface area contributed by atoms with E-state index in [0.717, 1.165) is 30.9 Å². The normalized spacial score (nSPS) is 27.1. The number of anilines is 1. The molecule has 0 aromatic carbocycles.